The van der Waals surface area contributed by atoms with Crippen molar-refractivity contribution in [1.29, 1.82) is 0 Å². The lowest BCUT2D eigenvalue weighted by atomic mass is 10.1. The smallest absolute Gasteiger partial charge is 0.198 e. The molecule has 1 unspecified atom stereocenters. The first-order valence-corrected chi connectivity index (χ1v) is 6.50. The Hall–Kier alpha value is -1.65. The first-order chi connectivity index (χ1) is 9.45. The minimum Gasteiger partial charge on any atom is -0.451 e. The summed E-state index contributed by atoms with van der Waals surface area (Å²) in [6.07, 6.45) is 0.394. The molecule has 2 aromatic carbocycles. The van der Waals surface area contributed by atoms with Crippen LogP contribution in [0.3, 0.4) is 0 Å². The van der Waals surface area contributed by atoms with Crippen LogP contribution in [0, 0.1) is 11.6 Å². The molecule has 0 radical (unpaired) electrons. The van der Waals surface area contributed by atoms with E-state index < -0.39 is 17.4 Å². The first-order valence-electron chi connectivity index (χ1n) is 6.12. The number of nitrogens with two attached hydrogens (primary N) is 1. The fourth-order valence-corrected chi connectivity index (χ4v) is 2.03. The standard InChI is InChI=1S/C15H14ClF2NO/c1-9(19)5-10-6-13(17)15(14(18)7-10)20-12-4-2-3-11(16)8-12/h2-4,6-9H,5,19H2,1H3. The molecule has 0 heterocycles. The molecule has 0 spiro atoms. The molecule has 0 amide bonds. The van der Waals surface area contributed by atoms with Gasteiger partial charge in [0, 0.05) is 11.1 Å². The molecule has 0 aliphatic carbocycles. The SMILES string of the molecule is CC(N)Cc1cc(F)c(Oc2cccc(Cl)c2)c(F)c1. The second kappa shape index (κ2) is 6.20. The molecule has 20 heavy (non-hydrogen) atoms. The highest BCUT2D eigenvalue weighted by molar-refractivity contribution is 6.30. The van der Waals surface area contributed by atoms with Gasteiger partial charge in [0.25, 0.3) is 0 Å². The van der Waals surface area contributed by atoms with Crippen molar-refractivity contribution in [2.75, 3.05) is 0 Å². The van der Waals surface area contributed by atoms with E-state index in [-0.39, 0.29) is 11.8 Å². The van der Waals surface area contributed by atoms with Crippen molar-refractivity contribution in [2.45, 2.75) is 19.4 Å². The summed E-state index contributed by atoms with van der Waals surface area (Å²) in [5.41, 5.74) is 6.11. The van der Waals surface area contributed by atoms with E-state index >= 15 is 0 Å². The molecule has 0 fully saturated rings. The molecule has 1 atom stereocenters. The zero-order chi connectivity index (χ0) is 14.7. The van der Waals surface area contributed by atoms with Crippen LogP contribution in [0.2, 0.25) is 5.02 Å². The van der Waals surface area contributed by atoms with E-state index in [4.69, 9.17) is 22.1 Å². The molecular weight excluding hydrogens is 284 g/mol. The van der Waals surface area contributed by atoms with Gasteiger partial charge in [0.1, 0.15) is 5.75 Å². The molecule has 0 aromatic heterocycles. The van der Waals surface area contributed by atoms with Crippen LogP contribution in [-0.4, -0.2) is 6.04 Å². The van der Waals surface area contributed by atoms with Crippen LogP contribution in [0.25, 0.3) is 0 Å². The van der Waals surface area contributed by atoms with E-state index in [0.717, 1.165) is 0 Å². The first kappa shape index (κ1) is 14.8. The fraction of sp³-hybridized carbons (Fsp3) is 0.200. The van der Waals surface area contributed by atoms with Gasteiger partial charge < -0.3 is 10.5 Å². The van der Waals surface area contributed by atoms with Crippen molar-refractivity contribution in [3.05, 3.63) is 58.6 Å². The van der Waals surface area contributed by atoms with Crippen LogP contribution >= 0.6 is 11.6 Å². The molecule has 0 saturated carbocycles. The van der Waals surface area contributed by atoms with Crippen LogP contribution in [-0.2, 0) is 6.42 Å². The van der Waals surface area contributed by atoms with Gasteiger partial charge in [0.2, 0.25) is 0 Å². The Kier molecular flexibility index (Phi) is 4.57. The third-order valence-electron chi connectivity index (χ3n) is 2.63. The van der Waals surface area contributed by atoms with Gasteiger partial charge >= 0.3 is 0 Å². The highest BCUT2D eigenvalue weighted by Gasteiger charge is 2.14. The topological polar surface area (TPSA) is 35.2 Å². The van der Waals surface area contributed by atoms with Crippen LogP contribution in [0.4, 0.5) is 8.78 Å². The molecule has 2 N–H and O–H groups in total. The molecular formula is C15H14ClF2NO. The van der Waals surface area contributed by atoms with E-state index in [1.807, 2.05) is 0 Å². The van der Waals surface area contributed by atoms with Gasteiger partial charge in [-0.15, -0.1) is 0 Å². The van der Waals surface area contributed by atoms with Crippen molar-refractivity contribution in [2.24, 2.45) is 5.73 Å². The van der Waals surface area contributed by atoms with Gasteiger partial charge in [0.05, 0.1) is 0 Å². The molecule has 2 nitrogen and oxygen atoms in total. The molecule has 0 bridgehead atoms. The van der Waals surface area contributed by atoms with E-state index in [2.05, 4.69) is 0 Å². The lowest BCUT2D eigenvalue weighted by Crippen LogP contribution is -2.18. The third-order valence-corrected chi connectivity index (χ3v) is 2.87. The maximum atomic E-state index is 13.9. The summed E-state index contributed by atoms with van der Waals surface area (Å²) >= 11 is 5.79. The van der Waals surface area contributed by atoms with Crippen molar-refractivity contribution >= 4 is 11.6 Å². The average molecular weight is 298 g/mol. The molecule has 0 aliphatic heterocycles. The second-order valence-corrected chi connectivity index (χ2v) is 5.07. The molecule has 0 saturated heterocycles. The largest absolute Gasteiger partial charge is 0.451 e. The number of ether oxygens (including phenoxy) is 1. The average Bonchev–Trinajstić information content (AvgIpc) is 2.33. The Morgan fingerprint density at radius 3 is 2.40 bits per heavy atom. The maximum Gasteiger partial charge on any atom is 0.198 e. The Morgan fingerprint density at radius 1 is 1.20 bits per heavy atom. The number of halogens is 3. The summed E-state index contributed by atoms with van der Waals surface area (Å²) in [6.45, 7) is 1.77. The molecule has 106 valence electrons. The Balaban J connectivity index is 2.28. The predicted molar refractivity (Wildman–Crippen MR) is 75.2 cm³/mol. The molecule has 2 rings (SSSR count). The highest BCUT2D eigenvalue weighted by Crippen LogP contribution is 2.30. The van der Waals surface area contributed by atoms with Gasteiger partial charge in [-0.25, -0.2) is 8.78 Å². The minimum atomic E-state index is -0.763. The van der Waals surface area contributed by atoms with Crippen LogP contribution in [0.5, 0.6) is 11.5 Å². The molecule has 5 heteroatoms. The van der Waals surface area contributed by atoms with E-state index in [1.54, 1.807) is 25.1 Å². The Morgan fingerprint density at radius 2 is 1.85 bits per heavy atom. The maximum absolute atomic E-state index is 13.9. The quantitative estimate of drug-likeness (QED) is 0.913. The predicted octanol–water partition coefficient (Wildman–Crippen LogP) is 4.30. The van der Waals surface area contributed by atoms with Crippen molar-refractivity contribution in [1.82, 2.24) is 0 Å². The number of hydrogen-bond donors (Lipinski definition) is 1. The van der Waals surface area contributed by atoms with E-state index in [1.165, 1.54) is 18.2 Å². The lowest BCUT2D eigenvalue weighted by Gasteiger charge is -2.11. The number of benzene rings is 2. The second-order valence-electron chi connectivity index (χ2n) is 4.63. The van der Waals surface area contributed by atoms with E-state index in [9.17, 15) is 8.78 Å². The zero-order valence-electron chi connectivity index (χ0n) is 10.9. The van der Waals surface area contributed by atoms with Gasteiger partial charge in [-0.1, -0.05) is 17.7 Å². The summed E-state index contributed by atoms with van der Waals surface area (Å²) in [5, 5.41) is 0.428. The molecule has 2 aromatic rings. The van der Waals surface area contributed by atoms with Crippen molar-refractivity contribution < 1.29 is 13.5 Å². The third kappa shape index (κ3) is 3.68. The van der Waals surface area contributed by atoms with Gasteiger partial charge in [0.15, 0.2) is 17.4 Å². The van der Waals surface area contributed by atoms with Crippen LogP contribution in [0.15, 0.2) is 36.4 Å². The Labute approximate surface area is 121 Å². The summed E-state index contributed by atoms with van der Waals surface area (Å²) in [4.78, 5) is 0. The van der Waals surface area contributed by atoms with Crippen LogP contribution < -0.4 is 10.5 Å². The highest BCUT2D eigenvalue weighted by atomic mass is 35.5. The molecule has 0 aliphatic rings. The summed E-state index contributed by atoms with van der Waals surface area (Å²) < 4.78 is 33.0. The van der Waals surface area contributed by atoms with Crippen LogP contribution in [0.1, 0.15) is 12.5 Å². The summed E-state index contributed by atoms with van der Waals surface area (Å²) in [7, 11) is 0. The lowest BCUT2D eigenvalue weighted by molar-refractivity contribution is 0.406. The number of hydrogen-bond acceptors (Lipinski definition) is 2. The summed E-state index contributed by atoms with van der Waals surface area (Å²) in [6, 6.07) is 8.62. The minimum absolute atomic E-state index is 0.173. The Bertz CT molecular complexity index is 594. The van der Waals surface area contributed by atoms with Gasteiger partial charge in [-0.3, -0.25) is 0 Å². The number of rotatable bonds is 4. The monoisotopic (exact) mass is 297 g/mol. The van der Waals surface area contributed by atoms with Crippen molar-refractivity contribution in [3.8, 4) is 11.5 Å². The summed E-state index contributed by atoms with van der Waals surface area (Å²) in [5.74, 6) is -1.70. The normalized spacial score (nSPS) is 12.2. The van der Waals surface area contributed by atoms with Gasteiger partial charge in [-0.2, -0.15) is 0 Å². The fourth-order valence-electron chi connectivity index (χ4n) is 1.85. The zero-order valence-corrected chi connectivity index (χ0v) is 11.6. The van der Waals surface area contributed by atoms with Gasteiger partial charge in [-0.05, 0) is 49.2 Å². The van der Waals surface area contributed by atoms with Crippen molar-refractivity contribution in [3.63, 3.8) is 0 Å². The van der Waals surface area contributed by atoms with E-state index in [0.29, 0.717) is 17.0 Å².